The molecule has 0 aliphatic carbocycles. The number of ether oxygens (including phenoxy) is 2. The van der Waals surface area contributed by atoms with Gasteiger partial charge in [0.25, 0.3) is 5.91 Å². The van der Waals surface area contributed by atoms with Gasteiger partial charge in [-0.3, -0.25) is 4.79 Å². The summed E-state index contributed by atoms with van der Waals surface area (Å²) in [6.07, 6.45) is 0.916. The maximum absolute atomic E-state index is 11.9. The summed E-state index contributed by atoms with van der Waals surface area (Å²) in [5.41, 5.74) is 0.965. The molecule has 0 aliphatic rings. The van der Waals surface area contributed by atoms with Crippen LogP contribution in [0.5, 0.6) is 0 Å². The van der Waals surface area contributed by atoms with E-state index >= 15 is 0 Å². The van der Waals surface area contributed by atoms with Gasteiger partial charge in [-0.1, -0.05) is 30.3 Å². The summed E-state index contributed by atoms with van der Waals surface area (Å²) < 4.78 is 9.97. The zero-order valence-corrected chi connectivity index (χ0v) is 12.1. The quantitative estimate of drug-likeness (QED) is 0.422. The number of amides is 1. The van der Waals surface area contributed by atoms with Gasteiger partial charge in [-0.25, -0.2) is 0 Å². The van der Waals surface area contributed by atoms with Crippen LogP contribution in [0, 0.1) is 11.3 Å². The monoisotopic (exact) mass is 289 g/mol. The van der Waals surface area contributed by atoms with Crippen LogP contribution in [0.15, 0.2) is 42.1 Å². The lowest BCUT2D eigenvalue weighted by Crippen LogP contribution is -2.29. The van der Waals surface area contributed by atoms with Crippen molar-refractivity contribution in [3.8, 4) is 6.07 Å². The van der Waals surface area contributed by atoms with Crippen molar-refractivity contribution in [1.82, 2.24) is 10.6 Å². The molecule has 0 spiro atoms. The highest BCUT2D eigenvalue weighted by atomic mass is 16.7. The van der Waals surface area contributed by atoms with E-state index in [1.165, 1.54) is 20.4 Å². The highest BCUT2D eigenvalue weighted by Gasteiger charge is 2.09. The van der Waals surface area contributed by atoms with E-state index in [9.17, 15) is 4.79 Å². The highest BCUT2D eigenvalue weighted by Crippen LogP contribution is 1.99. The number of nitriles is 1. The van der Waals surface area contributed by atoms with Crippen molar-refractivity contribution < 1.29 is 14.3 Å². The number of hydrogen-bond donors (Lipinski definition) is 2. The number of hydrogen-bond acceptors (Lipinski definition) is 5. The number of rotatable bonds is 8. The standard InChI is InChI=1S/C15H19N3O3/c1-20-14(21-2)11-17-10-13(8-16)15(19)18-9-12-6-4-3-5-7-12/h3-7,10,14,17H,9,11H2,1-2H3,(H,18,19)/b13-10-. The van der Waals surface area contributed by atoms with Gasteiger partial charge in [-0.2, -0.15) is 5.26 Å². The molecule has 6 nitrogen and oxygen atoms in total. The number of nitrogens with zero attached hydrogens (tertiary/aromatic N) is 1. The molecule has 2 N–H and O–H groups in total. The third-order valence-corrected chi connectivity index (χ3v) is 2.72. The molecule has 1 rings (SSSR count). The Bertz CT molecular complexity index is 505. The van der Waals surface area contributed by atoms with Crippen LogP contribution in [0.4, 0.5) is 0 Å². The summed E-state index contributed by atoms with van der Waals surface area (Å²) in [6.45, 7) is 0.710. The van der Waals surface area contributed by atoms with Crippen molar-refractivity contribution in [3.63, 3.8) is 0 Å². The summed E-state index contributed by atoms with van der Waals surface area (Å²) in [5.74, 6) is -0.430. The molecular weight excluding hydrogens is 270 g/mol. The first-order valence-electron chi connectivity index (χ1n) is 6.42. The number of methoxy groups -OCH3 is 2. The van der Waals surface area contributed by atoms with Crippen LogP contribution in [0.3, 0.4) is 0 Å². The van der Waals surface area contributed by atoms with Gasteiger partial charge in [0, 0.05) is 27.0 Å². The minimum Gasteiger partial charge on any atom is -0.385 e. The predicted molar refractivity (Wildman–Crippen MR) is 77.8 cm³/mol. The Labute approximate surface area is 124 Å². The summed E-state index contributed by atoms with van der Waals surface area (Å²) in [6, 6.07) is 11.3. The average molecular weight is 289 g/mol. The van der Waals surface area contributed by atoms with Crippen LogP contribution in [0.1, 0.15) is 5.56 Å². The number of carbonyl (C=O) groups is 1. The van der Waals surface area contributed by atoms with Crippen LogP contribution < -0.4 is 10.6 Å². The molecule has 0 unspecified atom stereocenters. The van der Waals surface area contributed by atoms with E-state index in [0.717, 1.165) is 5.56 Å². The minimum atomic E-state index is -0.437. The maximum atomic E-state index is 11.9. The number of benzene rings is 1. The molecule has 0 saturated heterocycles. The van der Waals surface area contributed by atoms with Crippen LogP contribution >= 0.6 is 0 Å². The van der Waals surface area contributed by atoms with Crippen molar-refractivity contribution in [2.45, 2.75) is 12.8 Å². The van der Waals surface area contributed by atoms with Crippen LogP contribution in [-0.2, 0) is 20.8 Å². The van der Waals surface area contributed by atoms with Gasteiger partial charge in [0.2, 0.25) is 0 Å². The lowest BCUT2D eigenvalue weighted by molar-refractivity contribution is -0.117. The lowest BCUT2D eigenvalue weighted by Gasteiger charge is -2.12. The fourth-order valence-corrected chi connectivity index (χ4v) is 1.54. The molecule has 0 bridgehead atoms. The average Bonchev–Trinajstić information content (AvgIpc) is 2.54. The van der Waals surface area contributed by atoms with E-state index in [2.05, 4.69) is 10.6 Å². The Morgan fingerprint density at radius 2 is 2.00 bits per heavy atom. The van der Waals surface area contributed by atoms with Crippen molar-refractivity contribution in [2.75, 3.05) is 20.8 Å². The van der Waals surface area contributed by atoms with Gasteiger partial charge in [-0.05, 0) is 5.56 Å². The van der Waals surface area contributed by atoms with Crippen molar-refractivity contribution in [3.05, 3.63) is 47.7 Å². The summed E-state index contributed by atoms with van der Waals surface area (Å²) >= 11 is 0. The van der Waals surface area contributed by atoms with E-state index in [0.29, 0.717) is 13.1 Å². The van der Waals surface area contributed by atoms with Crippen LogP contribution in [-0.4, -0.2) is 33.0 Å². The zero-order valence-electron chi connectivity index (χ0n) is 12.1. The maximum Gasteiger partial charge on any atom is 0.263 e. The molecule has 0 radical (unpaired) electrons. The normalized spacial score (nSPS) is 11.0. The molecule has 0 saturated carbocycles. The molecule has 1 aromatic rings. The molecule has 1 amide bonds. The van der Waals surface area contributed by atoms with E-state index < -0.39 is 12.2 Å². The van der Waals surface area contributed by atoms with Gasteiger partial charge in [0.1, 0.15) is 11.6 Å². The molecule has 0 aliphatic heterocycles. The SMILES string of the molecule is COC(CN/C=C(/C#N)C(=O)NCc1ccccc1)OC. The highest BCUT2D eigenvalue weighted by molar-refractivity contribution is 5.97. The largest absolute Gasteiger partial charge is 0.385 e. The molecule has 1 aromatic carbocycles. The van der Waals surface area contributed by atoms with Crippen LogP contribution in [0.25, 0.3) is 0 Å². The predicted octanol–water partition coefficient (Wildman–Crippen LogP) is 0.919. The molecule has 21 heavy (non-hydrogen) atoms. The summed E-state index contributed by atoms with van der Waals surface area (Å²) in [4.78, 5) is 11.9. The van der Waals surface area contributed by atoms with Gasteiger partial charge in [-0.15, -0.1) is 0 Å². The van der Waals surface area contributed by atoms with Gasteiger partial charge < -0.3 is 20.1 Å². The first-order valence-corrected chi connectivity index (χ1v) is 6.42. The molecule has 0 heterocycles. The number of nitrogens with one attached hydrogen (secondary N) is 2. The first kappa shape index (κ1) is 16.7. The van der Waals surface area contributed by atoms with Crippen LogP contribution in [0.2, 0.25) is 0 Å². The third-order valence-electron chi connectivity index (χ3n) is 2.72. The van der Waals surface area contributed by atoms with E-state index in [-0.39, 0.29) is 5.57 Å². The van der Waals surface area contributed by atoms with Gasteiger partial charge >= 0.3 is 0 Å². The molecule has 0 aromatic heterocycles. The van der Waals surface area contributed by atoms with Crippen molar-refractivity contribution in [1.29, 1.82) is 5.26 Å². The van der Waals surface area contributed by atoms with Crippen molar-refractivity contribution in [2.24, 2.45) is 0 Å². The Hall–Kier alpha value is -2.36. The van der Waals surface area contributed by atoms with Gasteiger partial charge in [0.05, 0.1) is 6.54 Å². The summed E-state index contributed by atoms with van der Waals surface area (Å²) in [5, 5.41) is 14.5. The topological polar surface area (TPSA) is 83.4 Å². The molecular formula is C15H19N3O3. The second-order valence-electron chi connectivity index (χ2n) is 4.15. The zero-order chi connectivity index (χ0) is 15.5. The molecule has 6 heteroatoms. The number of carbonyl (C=O) groups excluding carboxylic acids is 1. The molecule has 0 atom stereocenters. The Balaban J connectivity index is 2.47. The van der Waals surface area contributed by atoms with E-state index in [4.69, 9.17) is 14.7 Å². The second-order valence-corrected chi connectivity index (χ2v) is 4.15. The smallest absolute Gasteiger partial charge is 0.263 e. The Morgan fingerprint density at radius 3 is 2.57 bits per heavy atom. The third kappa shape index (κ3) is 6.08. The fourth-order valence-electron chi connectivity index (χ4n) is 1.54. The first-order chi connectivity index (χ1) is 10.2. The van der Waals surface area contributed by atoms with Gasteiger partial charge in [0.15, 0.2) is 6.29 Å². The Kier molecular flexibility index (Phi) is 7.58. The molecule has 112 valence electrons. The fraction of sp³-hybridized carbons (Fsp3) is 0.333. The molecule has 0 fully saturated rings. The van der Waals surface area contributed by atoms with E-state index in [1.807, 2.05) is 36.4 Å². The van der Waals surface area contributed by atoms with E-state index in [1.54, 1.807) is 0 Å². The van der Waals surface area contributed by atoms with Crippen molar-refractivity contribution >= 4 is 5.91 Å². The summed E-state index contributed by atoms with van der Waals surface area (Å²) in [7, 11) is 3.02. The second kappa shape index (κ2) is 9.53. The minimum absolute atomic E-state index is 0.00288. The Morgan fingerprint density at radius 1 is 1.33 bits per heavy atom. The lowest BCUT2D eigenvalue weighted by atomic mass is 10.2.